The van der Waals surface area contributed by atoms with Gasteiger partial charge in [-0.25, -0.2) is 9.18 Å². The van der Waals surface area contributed by atoms with Crippen molar-refractivity contribution < 1.29 is 8.81 Å². The SMILES string of the molecule is O=c1oc(N[C@H](c2ccccc2)C2CC2)cc2cccc(F)c12. The number of nitrogens with one attached hydrogen (secondary N) is 1. The molecule has 1 saturated carbocycles. The highest BCUT2D eigenvalue weighted by Crippen LogP contribution is 2.42. The summed E-state index contributed by atoms with van der Waals surface area (Å²) >= 11 is 0. The zero-order valence-corrected chi connectivity index (χ0v) is 12.5. The van der Waals surface area contributed by atoms with Gasteiger partial charge in [0.15, 0.2) is 5.88 Å². The maximum absolute atomic E-state index is 13.8. The minimum Gasteiger partial charge on any atom is -0.406 e. The quantitative estimate of drug-likeness (QED) is 0.772. The van der Waals surface area contributed by atoms with E-state index in [4.69, 9.17) is 4.42 Å². The minimum atomic E-state index is -0.647. The van der Waals surface area contributed by atoms with Crippen LogP contribution in [-0.4, -0.2) is 0 Å². The first-order valence-corrected chi connectivity index (χ1v) is 7.76. The molecule has 1 atom stereocenters. The maximum atomic E-state index is 13.8. The molecule has 1 aromatic heterocycles. The largest absolute Gasteiger partial charge is 0.406 e. The average molecular weight is 309 g/mol. The van der Waals surface area contributed by atoms with Crippen molar-refractivity contribution in [2.24, 2.45) is 5.92 Å². The zero-order chi connectivity index (χ0) is 15.8. The molecule has 4 heteroatoms. The minimum absolute atomic E-state index is 0.000679. The van der Waals surface area contributed by atoms with Crippen LogP contribution in [-0.2, 0) is 0 Å². The highest BCUT2D eigenvalue weighted by Gasteiger charge is 2.32. The van der Waals surface area contributed by atoms with E-state index >= 15 is 0 Å². The van der Waals surface area contributed by atoms with E-state index in [9.17, 15) is 9.18 Å². The van der Waals surface area contributed by atoms with Crippen LogP contribution in [0.5, 0.6) is 0 Å². The molecule has 3 nitrogen and oxygen atoms in total. The molecule has 23 heavy (non-hydrogen) atoms. The number of halogens is 1. The van der Waals surface area contributed by atoms with Crippen LogP contribution in [0.2, 0.25) is 0 Å². The van der Waals surface area contributed by atoms with E-state index < -0.39 is 11.4 Å². The zero-order valence-electron chi connectivity index (χ0n) is 12.5. The van der Waals surface area contributed by atoms with Gasteiger partial charge >= 0.3 is 5.63 Å². The molecule has 0 saturated heterocycles. The van der Waals surface area contributed by atoms with Crippen LogP contribution < -0.4 is 10.9 Å². The molecular weight excluding hydrogens is 293 g/mol. The highest BCUT2D eigenvalue weighted by atomic mass is 19.1. The lowest BCUT2D eigenvalue weighted by atomic mass is 10.0. The summed E-state index contributed by atoms with van der Waals surface area (Å²) in [6, 6.07) is 16.5. The van der Waals surface area contributed by atoms with E-state index in [0.29, 0.717) is 17.2 Å². The first-order chi connectivity index (χ1) is 11.2. The van der Waals surface area contributed by atoms with Gasteiger partial charge in [-0.15, -0.1) is 0 Å². The lowest BCUT2D eigenvalue weighted by Gasteiger charge is -2.19. The van der Waals surface area contributed by atoms with Crippen LogP contribution >= 0.6 is 0 Å². The van der Waals surface area contributed by atoms with Gasteiger partial charge in [-0.2, -0.15) is 0 Å². The van der Waals surface area contributed by atoms with Gasteiger partial charge in [-0.3, -0.25) is 0 Å². The van der Waals surface area contributed by atoms with Gasteiger partial charge in [-0.1, -0.05) is 42.5 Å². The van der Waals surface area contributed by atoms with Crippen molar-refractivity contribution in [1.29, 1.82) is 0 Å². The lowest BCUT2D eigenvalue weighted by Crippen LogP contribution is -2.14. The molecule has 0 aliphatic heterocycles. The molecule has 1 fully saturated rings. The summed E-state index contributed by atoms with van der Waals surface area (Å²) in [6.45, 7) is 0. The van der Waals surface area contributed by atoms with Gasteiger partial charge in [0.1, 0.15) is 11.2 Å². The van der Waals surface area contributed by atoms with Crippen molar-refractivity contribution in [3.05, 3.63) is 76.4 Å². The van der Waals surface area contributed by atoms with Crippen LogP contribution in [0.4, 0.5) is 10.3 Å². The van der Waals surface area contributed by atoms with Gasteiger partial charge in [0.2, 0.25) is 0 Å². The number of benzene rings is 2. The van der Waals surface area contributed by atoms with E-state index in [-0.39, 0.29) is 11.4 Å². The summed E-state index contributed by atoms with van der Waals surface area (Å²) in [5, 5.41) is 3.87. The molecular formula is C19H16FNO2. The lowest BCUT2D eigenvalue weighted by molar-refractivity contribution is 0.512. The van der Waals surface area contributed by atoms with E-state index in [2.05, 4.69) is 17.4 Å². The fourth-order valence-electron chi connectivity index (χ4n) is 2.99. The van der Waals surface area contributed by atoms with Crippen molar-refractivity contribution >= 4 is 16.7 Å². The first-order valence-electron chi connectivity index (χ1n) is 7.76. The van der Waals surface area contributed by atoms with Gasteiger partial charge in [0.25, 0.3) is 0 Å². The predicted molar refractivity (Wildman–Crippen MR) is 88.0 cm³/mol. The van der Waals surface area contributed by atoms with Gasteiger partial charge < -0.3 is 9.73 Å². The molecule has 0 amide bonds. The fourth-order valence-corrected chi connectivity index (χ4v) is 2.99. The smallest absolute Gasteiger partial charge is 0.348 e. The van der Waals surface area contributed by atoms with Crippen LogP contribution in [0.3, 0.4) is 0 Å². The number of hydrogen-bond donors (Lipinski definition) is 1. The summed E-state index contributed by atoms with van der Waals surface area (Å²) in [6.07, 6.45) is 2.30. The summed E-state index contributed by atoms with van der Waals surface area (Å²) in [5.74, 6) is 0.365. The van der Waals surface area contributed by atoms with Crippen molar-refractivity contribution in [3.8, 4) is 0 Å². The van der Waals surface area contributed by atoms with Crippen molar-refractivity contribution in [2.75, 3.05) is 5.32 Å². The molecule has 4 rings (SSSR count). The summed E-state index contributed by atoms with van der Waals surface area (Å²) < 4.78 is 19.1. The topological polar surface area (TPSA) is 42.2 Å². The normalized spacial score (nSPS) is 15.5. The molecule has 3 aromatic rings. The number of rotatable bonds is 4. The van der Waals surface area contributed by atoms with Crippen LogP contribution in [0, 0.1) is 11.7 Å². The Balaban J connectivity index is 1.73. The molecule has 1 aliphatic carbocycles. The van der Waals surface area contributed by atoms with Crippen LogP contribution in [0.15, 0.2) is 63.8 Å². The molecule has 1 heterocycles. The summed E-state index contributed by atoms with van der Waals surface area (Å²) in [7, 11) is 0. The molecule has 0 unspecified atom stereocenters. The average Bonchev–Trinajstić information content (AvgIpc) is 3.38. The first kappa shape index (κ1) is 14.0. The predicted octanol–water partition coefficient (Wildman–Crippen LogP) is 4.50. The van der Waals surface area contributed by atoms with E-state index in [1.807, 2.05) is 18.2 Å². The van der Waals surface area contributed by atoms with Crippen molar-refractivity contribution in [1.82, 2.24) is 0 Å². The Morgan fingerprint density at radius 3 is 2.61 bits per heavy atom. The highest BCUT2D eigenvalue weighted by molar-refractivity contribution is 5.83. The molecule has 1 N–H and O–H groups in total. The molecule has 116 valence electrons. The Hall–Kier alpha value is -2.62. The van der Waals surface area contributed by atoms with Crippen LogP contribution in [0.25, 0.3) is 10.8 Å². The number of hydrogen-bond acceptors (Lipinski definition) is 3. The van der Waals surface area contributed by atoms with Crippen LogP contribution in [0.1, 0.15) is 24.4 Å². The third kappa shape index (κ3) is 2.72. The fraction of sp³-hybridized carbons (Fsp3) is 0.211. The van der Waals surface area contributed by atoms with Crippen molar-refractivity contribution in [2.45, 2.75) is 18.9 Å². The van der Waals surface area contributed by atoms with Gasteiger partial charge in [0.05, 0.1) is 6.04 Å². The molecule has 0 bridgehead atoms. The molecule has 2 aromatic carbocycles. The van der Waals surface area contributed by atoms with E-state index in [1.54, 1.807) is 18.2 Å². The monoisotopic (exact) mass is 309 g/mol. The third-order valence-corrected chi connectivity index (χ3v) is 4.29. The third-order valence-electron chi connectivity index (χ3n) is 4.29. The number of anilines is 1. The van der Waals surface area contributed by atoms with E-state index in [0.717, 1.165) is 18.4 Å². The van der Waals surface area contributed by atoms with Crippen molar-refractivity contribution in [3.63, 3.8) is 0 Å². The summed E-state index contributed by atoms with van der Waals surface area (Å²) in [5.41, 5.74) is 0.516. The Morgan fingerprint density at radius 1 is 1.09 bits per heavy atom. The second-order valence-electron chi connectivity index (χ2n) is 5.97. The second-order valence-corrected chi connectivity index (χ2v) is 5.97. The van der Waals surface area contributed by atoms with E-state index in [1.165, 1.54) is 6.07 Å². The summed E-state index contributed by atoms with van der Waals surface area (Å²) in [4.78, 5) is 12.1. The Morgan fingerprint density at radius 2 is 1.87 bits per heavy atom. The number of fused-ring (bicyclic) bond motifs is 1. The molecule has 1 aliphatic rings. The molecule has 0 spiro atoms. The molecule has 0 radical (unpaired) electrons. The second kappa shape index (κ2) is 5.54. The van der Waals surface area contributed by atoms with Gasteiger partial charge in [0, 0.05) is 6.07 Å². The Labute approximate surface area is 132 Å². The van der Waals surface area contributed by atoms with Gasteiger partial charge in [-0.05, 0) is 35.8 Å². The Kier molecular flexibility index (Phi) is 3.37. The standard InChI is InChI=1S/C19H16FNO2/c20-15-8-4-7-14-11-16(23-19(22)17(14)15)21-18(13-9-10-13)12-5-2-1-3-6-12/h1-8,11,13,18,21H,9-10H2/t18-/m1/s1. The Bertz CT molecular complexity index is 900. The maximum Gasteiger partial charge on any atom is 0.348 e.